The predicted molar refractivity (Wildman–Crippen MR) is 78.0 cm³/mol. The third-order valence-corrected chi connectivity index (χ3v) is 4.19. The van der Waals surface area contributed by atoms with E-state index in [0.29, 0.717) is 12.1 Å². The van der Waals surface area contributed by atoms with Crippen molar-refractivity contribution in [2.75, 3.05) is 5.32 Å². The van der Waals surface area contributed by atoms with Gasteiger partial charge in [-0.05, 0) is 66.5 Å². The minimum absolute atomic E-state index is 0.405. The predicted octanol–water partition coefficient (Wildman–Crippen LogP) is 3.63. The van der Waals surface area contributed by atoms with Crippen molar-refractivity contribution in [2.45, 2.75) is 37.8 Å². The number of anilines is 1. The van der Waals surface area contributed by atoms with Gasteiger partial charge in [-0.1, -0.05) is 11.6 Å². The molecule has 0 heterocycles. The summed E-state index contributed by atoms with van der Waals surface area (Å²) in [6.07, 6.45) is 4.59. The molecule has 88 valence electrons. The number of hydrogen-bond acceptors (Lipinski definition) is 2. The van der Waals surface area contributed by atoms with Gasteiger partial charge in [0, 0.05) is 26.4 Å². The molecule has 0 unspecified atom stereocenters. The SMILES string of the molecule is NC1CCC(Nc2ccc(Cl)cc2I)CC1. The van der Waals surface area contributed by atoms with Crippen molar-refractivity contribution in [3.05, 3.63) is 26.8 Å². The lowest BCUT2D eigenvalue weighted by molar-refractivity contribution is 0.411. The Morgan fingerprint density at radius 1 is 1.25 bits per heavy atom. The van der Waals surface area contributed by atoms with E-state index in [1.807, 2.05) is 12.1 Å². The highest BCUT2D eigenvalue weighted by Gasteiger charge is 2.18. The van der Waals surface area contributed by atoms with Crippen LogP contribution in [0, 0.1) is 3.57 Å². The molecule has 2 nitrogen and oxygen atoms in total. The molecule has 0 aliphatic heterocycles. The monoisotopic (exact) mass is 350 g/mol. The van der Waals surface area contributed by atoms with Gasteiger partial charge >= 0.3 is 0 Å². The molecule has 16 heavy (non-hydrogen) atoms. The van der Waals surface area contributed by atoms with Crippen LogP contribution >= 0.6 is 34.2 Å². The first kappa shape index (κ1) is 12.5. The van der Waals surface area contributed by atoms with E-state index in [1.165, 1.54) is 22.1 Å². The molecule has 1 aliphatic carbocycles. The van der Waals surface area contributed by atoms with Crippen LogP contribution in [0.5, 0.6) is 0 Å². The van der Waals surface area contributed by atoms with Gasteiger partial charge in [0.1, 0.15) is 0 Å². The molecule has 4 heteroatoms. The minimum atomic E-state index is 0.405. The van der Waals surface area contributed by atoms with Gasteiger partial charge in [0.05, 0.1) is 0 Å². The Morgan fingerprint density at radius 2 is 1.94 bits per heavy atom. The fourth-order valence-corrected chi connectivity index (χ4v) is 3.12. The maximum atomic E-state index is 5.93. The van der Waals surface area contributed by atoms with Gasteiger partial charge in [-0.15, -0.1) is 0 Å². The van der Waals surface area contributed by atoms with Crippen LogP contribution in [-0.2, 0) is 0 Å². The molecule has 0 aromatic heterocycles. The molecule has 0 atom stereocenters. The van der Waals surface area contributed by atoms with E-state index in [-0.39, 0.29) is 0 Å². The van der Waals surface area contributed by atoms with Crippen molar-refractivity contribution in [1.29, 1.82) is 0 Å². The van der Waals surface area contributed by atoms with Crippen molar-refractivity contribution >= 4 is 39.9 Å². The maximum absolute atomic E-state index is 5.93. The van der Waals surface area contributed by atoms with Gasteiger partial charge in [0.25, 0.3) is 0 Å². The molecule has 1 aromatic rings. The smallest absolute Gasteiger partial charge is 0.0479 e. The molecule has 1 saturated carbocycles. The van der Waals surface area contributed by atoms with Crippen molar-refractivity contribution in [1.82, 2.24) is 0 Å². The van der Waals surface area contributed by atoms with Crippen LogP contribution in [0.25, 0.3) is 0 Å². The third-order valence-electron chi connectivity index (χ3n) is 3.06. The number of rotatable bonds is 2. The van der Waals surface area contributed by atoms with E-state index < -0.39 is 0 Å². The summed E-state index contributed by atoms with van der Waals surface area (Å²) in [5.41, 5.74) is 7.08. The molecule has 0 amide bonds. The van der Waals surface area contributed by atoms with Crippen LogP contribution in [0.4, 0.5) is 5.69 Å². The summed E-state index contributed by atoms with van der Waals surface area (Å²) in [7, 11) is 0. The van der Waals surface area contributed by atoms with Crippen LogP contribution < -0.4 is 11.1 Å². The molecule has 1 aromatic carbocycles. The summed E-state index contributed by atoms with van der Waals surface area (Å²) in [5, 5.41) is 4.37. The van der Waals surface area contributed by atoms with Gasteiger partial charge in [-0.25, -0.2) is 0 Å². The zero-order valence-electron chi connectivity index (χ0n) is 9.05. The van der Waals surface area contributed by atoms with Gasteiger partial charge in [0.2, 0.25) is 0 Å². The second-order valence-corrected chi connectivity index (χ2v) is 5.98. The third kappa shape index (κ3) is 3.25. The lowest BCUT2D eigenvalue weighted by Gasteiger charge is -2.28. The molecular formula is C12H16ClIN2. The Morgan fingerprint density at radius 3 is 2.56 bits per heavy atom. The highest BCUT2D eigenvalue weighted by Crippen LogP contribution is 2.26. The highest BCUT2D eigenvalue weighted by molar-refractivity contribution is 14.1. The quantitative estimate of drug-likeness (QED) is 0.799. The van der Waals surface area contributed by atoms with Crippen LogP contribution in [0.3, 0.4) is 0 Å². The topological polar surface area (TPSA) is 38.0 Å². The van der Waals surface area contributed by atoms with Gasteiger partial charge in [0.15, 0.2) is 0 Å². The van der Waals surface area contributed by atoms with Crippen LogP contribution in [0.2, 0.25) is 5.02 Å². The first-order valence-corrected chi connectivity index (χ1v) is 7.08. The number of hydrogen-bond donors (Lipinski definition) is 2. The normalized spacial score (nSPS) is 25.4. The zero-order valence-corrected chi connectivity index (χ0v) is 12.0. The van der Waals surface area contributed by atoms with Crippen LogP contribution in [-0.4, -0.2) is 12.1 Å². The van der Waals surface area contributed by atoms with E-state index in [2.05, 4.69) is 34.0 Å². The first-order valence-electron chi connectivity index (χ1n) is 5.62. The number of halogens is 2. The fourth-order valence-electron chi connectivity index (χ4n) is 2.09. The van der Waals surface area contributed by atoms with Gasteiger partial charge in [-0.3, -0.25) is 0 Å². The number of benzene rings is 1. The Kier molecular flexibility index (Phi) is 4.33. The Labute approximate surface area is 115 Å². The van der Waals surface area contributed by atoms with E-state index in [4.69, 9.17) is 17.3 Å². The molecular weight excluding hydrogens is 335 g/mol. The van der Waals surface area contributed by atoms with E-state index >= 15 is 0 Å². The van der Waals surface area contributed by atoms with Crippen molar-refractivity contribution in [2.24, 2.45) is 5.73 Å². The summed E-state index contributed by atoms with van der Waals surface area (Å²) < 4.78 is 1.18. The minimum Gasteiger partial charge on any atom is -0.381 e. The van der Waals surface area contributed by atoms with Gasteiger partial charge < -0.3 is 11.1 Å². The summed E-state index contributed by atoms with van der Waals surface area (Å²) in [5.74, 6) is 0. The zero-order chi connectivity index (χ0) is 11.5. The highest BCUT2D eigenvalue weighted by atomic mass is 127. The van der Waals surface area contributed by atoms with Crippen LogP contribution in [0.15, 0.2) is 18.2 Å². The van der Waals surface area contributed by atoms with Crippen molar-refractivity contribution in [3.8, 4) is 0 Å². The average Bonchev–Trinajstić information content (AvgIpc) is 2.25. The Bertz CT molecular complexity index is 362. The summed E-state index contributed by atoms with van der Waals surface area (Å²) in [6, 6.07) is 6.94. The molecule has 3 N–H and O–H groups in total. The molecule has 0 spiro atoms. The van der Waals surface area contributed by atoms with Gasteiger partial charge in [-0.2, -0.15) is 0 Å². The van der Waals surface area contributed by atoms with E-state index in [0.717, 1.165) is 17.9 Å². The van der Waals surface area contributed by atoms with Crippen molar-refractivity contribution in [3.63, 3.8) is 0 Å². The maximum Gasteiger partial charge on any atom is 0.0479 e. The Balaban J connectivity index is 1.98. The van der Waals surface area contributed by atoms with Crippen LogP contribution in [0.1, 0.15) is 25.7 Å². The lowest BCUT2D eigenvalue weighted by atomic mass is 9.92. The number of nitrogens with two attached hydrogens (primary N) is 1. The summed E-state index contributed by atoms with van der Waals surface area (Å²) >= 11 is 8.24. The molecule has 0 radical (unpaired) electrons. The lowest BCUT2D eigenvalue weighted by Crippen LogP contribution is -2.32. The first-order chi connectivity index (χ1) is 7.65. The molecule has 1 fully saturated rings. The van der Waals surface area contributed by atoms with E-state index in [1.54, 1.807) is 0 Å². The molecule has 0 saturated heterocycles. The average molecular weight is 351 g/mol. The van der Waals surface area contributed by atoms with Crippen molar-refractivity contribution < 1.29 is 0 Å². The summed E-state index contributed by atoms with van der Waals surface area (Å²) in [4.78, 5) is 0. The second kappa shape index (κ2) is 5.56. The van der Waals surface area contributed by atoms with E-state index in [9.17, 15) is 0 Å². The molecule has 2 rings (SSSR count). The standard InChI is InChI=1S/C12H16ClIN2/c13-8-1-6-12(11(14)7-8)16-10-4-2-9(15)3-5-10/h1,6-7,9-10,16H,2-5,15H2. The Hall–Kier alpha value is -0.000000000000000111. The second-order valence-electron chi connectivity index (χ2n) is 4.38. The largest absolute Gasteiger partial charge is 0.381 e. The summed E-state index contributed by atoms with van der Waals surface area (Å²) in [6.45, 7) is 0. The molecule has 0 bridgehead atoms. The fraction of sp³-hybridized carbons (Fsp3) is 0.500. The number of nitrogens with one attached hydrogen (secondary N) is 1. The molecule has 1 aliphatic rings.